The number of hydrogen-bond donors (Lipinski definition) is 3. The van der Waals surface area contributed by atoms with Crippen LogP contribution in [0.4, 0.5) is 0 Å². The van der Waals surface area contributed by atoms with Gasteiger partial charge in [0.05, 0.1) is 5.56 Å². The summed E-state index contributed by atoms with van der Waals surface area (Å²) in [5.74, 6) is -1.13. The van der Waals surface area contributed by atoms with Crippen LogP contribution in [0, 0.1) is 0 Å². The summed E-state index contributed by atoms with van der Waals surface area (Å²) in [6.45, 7) is 0.200. The normalized spacial score (nSPS) is 9.00. The van der Waals surface area contributed by atoms with Crippen molar-refractivity contribution >= 4 is 18.4 Å². The first-order valence-electron chi connectivity index (χ1n) is 3.40. The van der Waals surface area contributed by atoms with Gasteiger partial charge in [-0.25, -0.2) is 4.79 Å². The average molecular weight is 204 g/mol. The van der Waals surface area contributed by atoms with E-state index in [1.807, 2.05) is 0 Å². The number of nitrogens with two attached hydrogens (primary N) is 1. The van der Waals surface area contributed by atoms with Gasteiger partial charge in [-0.15, -0.1) is 12.4 Å². The molecule has 0 aromatic heterocycles. The Morgan fingerprint density at radius 3 is 2.46 bits per heavy atom. The van der Waals surface area contributed by atoms with Gasteiger partial charge in [0.15, 0.2) is 0 Å². The van der Waals surface area contributed by atoms with E-state index in [1.165, 1.54) is 18.2 Å². The van der Waals surface area contributed by atoms with Crippen LogP contribution in [-0.4, -0.2) is 16.2 Å². The highest BCUT2D eigenvalue weighted by molar-refractivity contribution is 5.88. The number of carbonyl (C=O) groups is 1. The molecule has 4 N–H and O–H groups in total. The lowest BCUT2D eigenvalue weighted by Gasteiger charge is -2.01. The van der Waals surface area contributed by atoms with E-state index in [1.54, 1.807) is 0 Å². The summed E-state index contributed by atoms with van der Waals surface area (Å²) >= 11 is 0. The minimum Gasteiger partial charge on any atom is -0.508 e. The van der Waals surface area contributed by atoms with Crippen molar-refractivity contribution in [2.45, 2.75) is 6.54 Å². The van der Waals surface area contributed by atoms with Gasteiger partial charge in [-0.05, 0) is 12.1 Å². The molecule has 0 saturated carbocycles. The maximum Gasteiger partial charge on any atom is 0.335 e. The molecule has 1 aromatic rings. The molecule has 5 heteroatoms. The second-order valence-corrected chi connectivity index (χ2v) is 2.35. The second kappa shape index (κ2) is 4.69. The van der Waals surface area contributed by atoms with E-state index in [-0.39, 0.29) is 30.3 Å². The van der Waals surface area contributed by atoms with Gasteiger partial charge in [0.1, 0.15) is 5.75 Å². The number of phenolic OH excluding ortho intramolecular Hbond substituents is 1. The van der Waals surface area contributed by atoms with Crippen molar-refractivity contribution in [1.82, 2.24) is 0 Å². The third-order valence-electron chi connectivity index (χ3n) is 1.55. The summed E-state index contributed by atoms with van der Waals surface area (Å²) in [5, 5.41) is 17.7. The van der Waals surface area contributed by atoms with Gasteiger partial charge in [-0.1, -0.05) is 6.07 Å². The van der Waals surface area contributed by atoms with Crippen LogP contribution in [0.1, 0.15) is 15.9 Å². The largest absolute Gasteiger partial charge is 0.508 e. The topological polar surface area (TPSA) is 83.6 Å². The Labute approximate surface area is 81.4 Å². The molecule has 13 heavy (non-hydrogen) atoms. The van der Waals surface area contributed by atoms with Gasteiger partial charge in [0.25, 0.3) is 0 Å². The lowest BCUT2D eigenvalue weighted by atomic mass is 10.1. The number of benzene rings is 1. The SMILES string of the molecule is Cl.NCc1ccc(C(=O)O)cc1O. The Balaban J connectivity index is 0.00000144. The third-order valence-corrected chi connectivity index (χ3v) is 1.55. The number of phenols is 1. The predicted octanol–water partition coefficient (Wildman–Crippen LogP) is 0.971. The molecule has 0 atom stereocenters. The molecule has 0 heterocycles. The molecule has 0 unspecified atom stereocenters. The van der Waals surface area contributed by atoms with Crippen molar-refractivity contribution in [3.8, 4) is 5.75 Å². The van der Waals surface area contributed by atoms with Gasteiger partial charge in [-0.2, -0.15) is 0 Å². The van der Waals surface area contributed by atoms with E-state index in [0.29, 0.717) is 5.56 Å². The van der Waals surface area contributed by atoms with Crippen molar-refractivity contribution < 1.29 is 15.0 Å². The van der Waals surface area contributed by atoms with Crippen LogP contribution in [0.25, 0.3) is 0 Å². The monoisotopic (exact) mass is 203 g/mol. The molecule has 0 aliphatic carbocycles. The van der Waals surface area contributed by atoms with Crippen molar-refractivity contribution in [3.63, 3.8) is 0 Å². The quantitative estimate of drug-likeness (QED) is 0.669. The highest BCUT2D eigenvalue weighted by Crippen LogP contribution is 2.17. The third kappa shape index (κ3) is 2.61. The van der Waals surface area contributed by atoms with E-state index in [9.17, 15) is 9.90 Å². The van der Waals surface area contributed by atoms with Crippen LogP contribution in [-0.2, 0) is 6.54 Å². The average Bonchev–Trinajstić information content (AvgIpc) is 2.04. The molecule has 1 aromatic carbocycles. The fourth-order valence-corrected chi connectivity index (χ4v) is 0.869. The number of rotatable bonds is 2. The minimum atomic E-state index is -1.06. The fourth-order valence-electron chi connectivity index (χ4n) is 0.869. The molecule has 72 valence electrons. The number of halogens is 1. The molecule has 0 radical (unpaired) electrons. The van der Waals surface area contributed by atoms with E-state index >= 15 is 0 Å². The highest BCUT2D eigenvalue weighted by Gasteiger charge is 2.05. The zero-order valence-corrected chi connectivity index (χ0v) is 7.54. The lowest BCUT2D eigenvalue weighted by Crippen LogP contribution is -2.00. The Bertz CT molecular complexity index is 314. The summed E-state index contributed by atoms with van der Waals surface area (Å²) in [5.41, 5.74) is 5.87. The van der Waals surface area contributed by atoms with Crippen molar-refractivity contribution in [2.75, 3.05) is 0 Å². The predicted molar refractivity (Wildman–Crippen MR) is 50.2 cm³/mol. The van der Waals surface area contributed by atoms with Crippen LogP contribution in [0.5, 0.6) is 5.75 Å². The maximum atomic E-state index is 10.4. The van der Waals surface area contributed by atoms with Crippen LogP contribution >= 0.6 is 12.4 Å². The van der Waals surface area contributed by atoms with Crippen LogP contribution < -0.4 is 5.73 Å². The Morgan fingerprint density at radius 1 is 1.46 bits per heavy atom. The van der Waals surface area contributed by atoms with Gasteiger partial charge < -0.3 is 15.9 Å². The number of carboxylic acids is 1. The van der Waals surface area contributed by atoms with Crippen LogP contribution in [0.3, 0.4) is 0 Å². The highest BCUT2D eigenvalue weighted by atomic mass is 35.5. The zero-order chi connectivity index (χ0) is 9.14. The molecule has 0 amide bonds. The number of carboxylic acid groups (broad SMARTS) is 1. The zero-order valence-electron chi connectivity index (χ0n) is 6.73. The summed E-state index contributed by atoms with van der Waals surface area (Å²) in [6.07, 6.45) is 0. The molecule has 1 rings (SSSR count). The summed E-state index contributed by atoms with van der Waals surface area (Å²) in [4.78, 5) is 10.4. The van der Waals surface area contributed by atoms with Crippen molar-refractivity contribution in [2.24, 2.45) is 5.73 Å². The fraction of sp³-hybridized carbons (Fsp3) is 0.125. The molecule has 0 spiro atoms. The first kappa shape index (κ1) is 11.7. The van der Waals surface area contributed by atoms with Crippen LogP contribution in [0.2, 0.25) is 0 Å². The van der Waals surface area contributed by atoms with Gasteiger partial charge in [0, 0.05) is 12.1 Å². The first-order chi connectivity index (χ1) is 5.65. The molecule has 0 saturated heterocycles. The summed E-state index contributed by atoms with van der Waals surface area (Å²) < 4.78 is 0. The van der Waals surface area contributed by atoms with Crippen LogP contribution in [0.15, 0.2) is 18.2 Å². The first-order valence-corrected chi connectivity index (χ1v) is 3.40. The summed E-state index contributed by atoms with van der Waals surface area (Å²) in [6, 6.07) is 4.09. The lowest BCUT2D eigenvalue weighted by molar-refractivity contribution is 0.0696. The smallest absolute Gasteiger partial charge is 0.335 e. The number of hydrogen-bond acceptors (Lipinski definition) is 3. The molecule has 0 fully saturated rings. The molecule has 0 bridgehead atoms. The number of aromatic hydroxyl groups is 1. The van der Waals surface area contributed by atoms with Gasteiger partial charge in [-0.3, -0.25) is 0 Å². The molecule has 0 aliphatic rings. The molecular weight excluding hydrogens is 194 g/mol. The van der Waals surface area contributed by atoms with E-state index in [0.717, 1.165) is 0 Å². The minimum absolute atomic E-state index is 0. The Hall–Kier alpha value is -1.26. The van der Waals surface area contributed by atoms with Gasteiger partial charge in [0.2, 0.25) is 0 Å². The van der Waals surface area contributed by atoms with Crippen molar-refractivity contribution in [3.05, 3.63) is 29.3 Å². The summed E-state index contributed by atoms with van der Waals surface area (Å²) in [7, 11) is 0. The van der Waals surface area contributed by atoms with E-state index in [4.69, 9.17) is 10.8 Å². The van der Waals surface area contributed by atoms with Crippen molar-refractivity contribution in [1.29, 1.82) is 0 Å². The number of aromatic carboxylic acids is 1. The standard InChI is InChI=1S/C8H9NO3.ClH/c9-4-6-2-1-5(8(11)12)3-7(6)10;/h1-3,10H,4,9H2,(H,11,12);1H. The van der Waals surface area contributed by atoms with Gasteiger partial charge >= 0.3 is 5.97 Å². The second-order valence-electron chi connectivity index (χ2n) is 2.35. The van der Waals surface area contributed by atoms with E-state index < -0.39 is 5.97 Å². The molecular formula is C8H10ClNO3. The Morgan fingerprint density at radius 2 is 2.08 bits per heavy atom. The maximum absolute atomic E-state index is 10.4. The molecule has 0 aliphatic heterocycles. The van der Waals surface area contributed by atoms with E-state index in [2.05, 4.69) is 0 Å². The molecule has 4 nitrogen and oxygen atoms in total. The Kier molecular flexibility index (Phi) is 4.23.